The lowest BCUT2D eigenvalue weighted by atomic mass is 10.1. The predicted molar refractivity (Wildman–Crippen MR) is 161 cm³/mol. The molecular formula is C27H31F2N9O5S. The number of carbonyl (C=O) groups excluding carboxylic acids is 3. The van der Waals surface area contributed by atoms with Crippen molar-refractivity contribution in [2.24, 2.45) is 11.5 Å². The van der Waals surface area contributed by atoms with Gasteiger partial charge in [-0.3, -0.25) is 28.9 Å². The van der Waals surface area contributed by atoms with Gasteiger partial charge in [-0.15, -0.1) is 11.3 Å². The number of amides is 3. The monoisotopic (exact) mass is 631 g/mol. The zero-order chi connectivity index (χ0) is 32.0. The van der Waals surface area contributed by atoms with Crippen LogP contribution in [0.1, 0.15) is 43.1 Å². The lowest BCUT2D eigenvalue weighted by molar-refractivity contribution is -0.133. The summed E-state index contributed by atoms with van der Waals surface area (Å²) in [6, 6.07) is 5.96. The smallest absolute Gasteiger partial charge is 0.345 e. The molecule has 0 radical (unpaired) electrons. The minimum atomic E-state index is -2.95. The van der Waals surface area contributed by atoms with Crippen molar-refractivity contribution >= 4 is 56.7 Å². The highest BCUT2D eigenvalue weighted by atomic mass is 32.1. The van der Waals surface area contributed by atoms with Crippen molar-refractivity contribution < 1.29 is 32.6 Å². The van der Waals surface area contributed by atoms with Crippen LogP contribution in [0.3, 0.4) is 0 Å². The number of nitrogen functional groups attached to an aromatic ring is 1. The third-order valence-corrected chi connectivity index (χ3v) is 7.34. The second-order valence-corrected chi connectivity index (χ2v) is 10.3. The average Bonchev–Trinajstić information content (AvgIpc) is 3.64. The van der Waals surface area contributed by atoms with E-state index in [9.17, 15) is 23.2 Å². The third-order valence-electron chi connectivity index (χ3n) is 6.18. The van der Waals surface area contributed by atoms with Gasteiger partial charge in [-0.05, 0) is 38.1 Å². The number of allylic oxidation sites excluding steroid dienone is 1. The number of fused-ring (bicyclic) bond motifs is 1. The van der Waals surface area contributed by atoms with E-state index in [0.717, 1.165) is 11.3 Å². The Bertz CT molecular complexity index is 1710. The number of thiophene rings is 1. The van der Waals surface area contributed by atoms with Crippen molar-refractivity contribution in [2.75, 3.05) is 36.1 Å². The summed E-state index contributed by atoms with van der Waals surface area (Å²) in [6.45, 7) is 1.09. The van der Waals surface area contributed by atoms with Crippen LogP contribution in [0.2, 0.25) is 0 Å². The molecule has 0 aliphatic carbocycles. The average molecular weight is 632 g/mol. The van der Waals surface area contributed by atoms with Crippen LogP contribution < -0.4 is 32.6 Å². The van der Waals surface area contributed by atoms with E-state index in [1.807, 2.05) is 6.92 Å². The number of hydrogen-bond donors (Lipinski definition) is 5. The van der Waals surface area contributed by atoms with Crippen molar-refractivity contribution in [1.82, 2.24) is 19.3 Å². The number of hydrogen-bond acceptors (Lipinski definition) is 10. The van der Waals surface area contributed by atoms with Crippen LogP contribution in [0.15, 0.2) is 36.4 Å². The van der Waals surface area contributed by atoms with Crippen LogP contribution in [0, 0.1) is 6.92 Å². The van der Waals surface area contributed by atoms with Crippen molar-refractivity contribution in [1.29, 1.82) is 0 Å². The molecule has 0 atom stereocenters. The van der Waals surface area contributed by atoms with E-state index in [-0.39, 0.29) is 42.6 Å². The molecular weight excluding hydrogens is 600 g/mol. The molecule has 44 heavy (non-hydrogen) atoms. The Kier molecular flexibility index (Phi) is 10.1. The van der Waals surface area contributed by atoms with Gasteiger partial charge < -0.3 is 32.0 Å². The second-order valence-electron chi connectivity index (χ2n) is 9.29. The summed E-state index contributed by atoms with van der Waals surface area (Å²) < 4.78 is 37.7. The fourth-order valence-corrected chi connectivity index (χ4v) is 5.19. The third kappa shape index (κ3) is 7.48. The molecule has 3 amide bonds. The summed E-state index contributed by atoms with van der Waals surface area (Å²) in [7, 11) is 0. The molecule has 0 fully saturated rings. The second kappa shape index (κ2) is 14.0. The minimum absolute atomic E-state index is 0.0792. The number of nitrogens with one attached hydrogen (secondary N) is 2. The highest BCUT2D eigenvalue weighted by Gasteiger charge is 2.20. The van der Waals surface area contributed by atoms with E-state index >= 15 is 0 Å². The quantitative estimate of drug-likeness (QED) is 0.0741. The number of carbonyl (C=O) groups is 3. The van der Waals surface area contributed by atoms with Crippen molar-refractivity contribution in [3.8, 4) is 5.75 Å². The Hall–Kier alpha value is -5.03. The molecule has 0 saturated heterocycles. The molecule has 1 aromatic carbocycles. The molecule has 4 rings (SSSR count). The normalized spacial score (nSPS) is 11.5. The number of nitrogens with zero attached hydrogens (tertiary/aromatic N) is 4. The van der Waals surface area contributed by atoms with Crippen molar-refractivity contribution in [3.63, 3.8) is 0 Å². The molecule has 0 saturated carbocycles. The zero-order valence-corrected chi connectivity index (χ0v) is 24.6. The van der Waals surface area contributed by atoms with Gasteiger partial charge in [-0.2, -0.15) is 13.9 Å². The summed E-state index contributed by atoms with van der Waals surface area (Å²) in [4.78, 5) is 42.0. The van der Waals surface area contributed by atoms with Crippen molar-refractivity contribution in [2.45, 2.75) is 33.5 Å². The Morgan fingerprint density at radius 3 is 2.57 bits per heavy atom. The van der Waals surface area contributed by atoms with E-state index in [4.69, 9.17) is 21.9 Å². The van der Waals surface area contributed by atoms with Gasteiger partial charge >= 0.3 is 6.61 Å². The first kappa shape index (κ1) is 31.9. The molecule has 17 heteroatoms. The zero-order valence-electron chi connectivity index (χ0n) is 23.8. The maximum atomic E-state index is 13.1. The molecule has 0 bridgehead atoms. The summed E-state index contributed by atoms with van der Waals surface area (Å²) in [5, 5.41) is 10.2. The van der Waals surface area contributed by atoms with Gasteiger partial charge in [0.25, 0.3) is 11.8 Å². The fourth-order valence-electron chi connectivity index (χ4n) is 4.23. The molecule has 0 aliphatic rings. The SMILES string of the molecule is CCn1nc(C)cc1C(=O)Nc1nc2cc(C(N)=O)sc2n1C/C=C/CNc1c(N)cc(C(N)=O)cc1OCCOC(F)F. The summed E-state index contributed by atoms with van der Waals surface area (Å²) in [5.41, 5.74) is 19.0. The number of benzene rings is 1. The first-order valence-electron chi connectivity index (χ1n) is 13.3. The van der Waals surface area contributed by atoms with Crippen LogP contribution >= 0.6 is 11.3 Å². The lowest BCUT2D eigenvalue weighted by Crippen LogP contribution is -2.20. The van der Waals surface area contributed by atoms with E-state index in [1.165, 1.54) is 12.1 Å². The van der Waals surface area contributed by atoms with Crippen LogP contribution in [0.5, 0.6) is 5.75 Å². The number of halogens is 2. The topological polar surface area (TPSA) is 207 Å². The highest BCUT2D eigenvalue weighted by molar-refractivity contribution is 7.20. The van der Waals surface area contributed by atoms with E-state index in [1.54, 1.807) is 40.5 Å². The fraction of sp³-hybridized carbons (Fsp3) is 0.296. The first-order chi connectivity index (χ1) is 21.0. The number of imidazole rings is 1. The number of primary amides is 2. The summed E-state index contributed by atoms with van der Waals surface area (Å²) in [6.07, 6.45) is 3.56. The Balaban J connectivity index is 1.51. The van der Waals surface area contributed by atoms with Gasteiger partial charge in [0.05, 0.1) is 22.9 Å². The van der Waals surface area contributed by atoms with Gasteiger partial charge in [-0.25, -0.2) is 4.98 Å². The molecule has 0 spiro atoms. The Morgan fingerprint density at radius 2 is 1.89 bits per heavy atom. The number of alkyl halides is 2. The summed E-state index contributed by atoms with van der Waals surface area (Å²) in [5.74, 6) is -1.34. The maximum absolute atomic E-state index is 13.1. The number of aryl methyl sites for hydroxylation is 2. The molecule has 0 aliphatic heterocycles. The molecule has 0 unspecified atom stereocenters. The Morgan fingerprint density at radius 1 is 1.11 bits per heavy atom. The van der Waals surface area contributed by atoms with Crippen LogP contribution in [0.4, 0.5) is 26.1 Å². The molecule has 8 N–H and O–H groups in total. The predicted octanol–water partition coefficient (Wildman–Crippen LogP) is 2.94. The van der Waals surface area contributed by atoms with Gasteiger partial charge in [-0.1, -0.05) is 12.2 Å². The standard InChI is InChI=1S/C27H31F2N9O5S/c1-3-38-18(10-14(2)36-38)24(41)35-27-34-17-13-20(23(32)40)44-25(17)37(27)7-5-4-6-33-21-16(30)11-15(22(31)39)12-19(21)42-8-9-43-26(28)29/h4-5,10-13,26,33H,3,6-9,30H2,1-2H3,(H2,31,39)(H2,32,40)(H,34,35,41)/b5-4+. The largest absolute Gasteiger partial charge is 0.489 e. The van der Waals surface area contributed by atoms with Crippen LogP contribution in [-0.2, 0) is 17.8 Å². The van der Waals surface area contributed by atoms with E-state index in [2.05, 4.69) is 25.5 Å². The van der Waals surface area contributed by atoms with E-state index < -0.39 is 30.9 Å². The lowest BCUT2D eigenvalue weighted by Gasteiger charge is -2.16. The van der Waals surface area contributed by atoms with E-state index in [0.29, 0.717) is 38.8 Å². The number of nitrogens with two attached hydrogens (primary N) is 3. The first-order valence-corrected chi connectivity index (χ1v) is 14.1. The molecule has 3 aromatic heterocycles. The number of anilines is 3. The van der Waals surface area contributed by atoms with Crippen LogP contribution in [-0.4, -0.2) is 63.4 Å². The van der Waals surface area contributed by atoms with Gasteiger partial charge in [0.2, 0.25) is 11.9 Å². The van der Waals surface area contributed by atoms with Crippen molar-refractivity contribution in [3.05, 3.63) is 58.2 Å². The molecule has 234 valence electrons. The Labute approximate surface area is 253 Å². The summed E-state index contributed by atoms with van der Waals surface area (Å²) >= 11 is 1.15. The highest BCUT2D eigenvalue weighted by Crippen LogP contribution is 2.33. The number of ether oxygens (including phenoxy) is 2. The van der Waals surface area contributed by atoms with Gasteiger partial charge in [0.15, 0.2) is 0 Å². The van der Waals surface area contributed by atoms with Gasteiger partial charge in [0.1, 0.15) is 34.1 Å². The minimum Gasteiger partial charge on any atom is -0.489 e. The molecule has 14 nitrogen and oxygen atoms in total. The van der Waals surface area contributed by atoms with Crippen LogP contribution in [0.25, 0.3) is 10.3 Å². The maximum Gasteiger partial charge on any atom is 0.345 e. The number of rotatable bonds is 15. The molecule has 3 heterocycles. The van der Waals surface area contributed by atoms with Gasteiger partial charge in [0, 0.05) is 25.2 Å². The number of aromatic nitrogens is 4. The molecule has 4 aromatic rings.